The Balaban J connectivity index is 2.44. The molecule has 0 aliphatic carbocycles. The van der Waals surface area contributed by atoms with E-state index in [0.717, 1.165) is 18.7 Å². The van der Waals surface area contributed by atoms with E-state index in [1.807, 2.05) is 0 Å². The maximum Gasteiger partial charge on any atom is 0.239 e. The lowest BCUT2D eigenvalue weighted by Crippen LogP contribution is -2.34. The Morgan fingerprint density at radius 2 is 1.82 bits per heavy atom. The maximum absolute atomic E-state index is 6.01. The van der Waals surface area contributed by atoms with Crippen LogP contribution < -0.4 is 21.1 Å². The summed E-state index contributed by atoms with van der Waals surface area (Å²) in [7, 11) is 1.56. The van der Waals surface area contributed by atoms with E-state index in [-0.39, 0.29) is 0 Å². The molecule has 0 spiro atoms. The zero-order valence-electron chi connectivity index (χ0n) is 10.6. The van der Waals surface area contributed by atoms with Crippen molar-refractivity contribution in [3.05, 3.63) is 6.07 Å². The number of nitrogens with zero attached hydrogens (tertiary/aromatic N) is 2. The van der Waals surface area contributed by atoms with E-state index in [9.17, 15) is 0 Å². The average Bonchev–Trinajstić information content (AvgIpc) is 2.60. The minimum atomic E-state index is 0.445. The van der Waals surface area contributed by atoms with Gasteiger partial charge >= 0.3 is 0 Å². The fourth-order valence-electron chi connectivity index (χ4n) is 2.50. The summed E-state index contributed by atoms with van der Waals surface area (Å²) in [6.07, 6.45) is 2.32. The molecule has 1 aromatic rings. The summed E-state index contributed by atoms with van der Waals surface area (Å²) in [6, 6.07) is 2.63. The van der Waals surface area contributed by atoms with Crippen LogP contribution in [0.5, 0.6) is 5.88 Å². The molecule has 0 amide bonds. The van der Waals surface area contributed by atoms with Crippen molar-refractivity contribution in [1.29, 1.82) is 0 Å². The van der Waals surface area contributed by atoms with Crippen LogP contribution in [-0.2, 0) is 0 Å². The Bertz CT molecular complexity index is 411. The van der Waals surface area contributed by atoms with Gasteiger partial charge in [0.1, 0.15) is 0 Å². The Labute approximate surface area is 102 Å². The SMILES string of the molecule is COc1nc(N2C(C)CCC2C)c(N)cc1N. The van der Waals surface area contributed by atoms with Crippen LogP contribution in [0.2, 0.25) is 0 Å². The monoisotopic (exact) mass is 236 g/mol. The van der Waals surface area contributed by atoms with Crippen LogP contribution >= 0.6 is 0 Å². The molecule has 5 heteroatoms. The summed E-state index contributed by atoms with van der Waals surface area (Å²) in [4.78, 5) is 6.67. The fourth-order valence-corrected chi connectivity index (χ4v) is 2.50. The Morgan fingerprint density at radius 1 is 1.24 bits per heavy atom. The van der Waals surface area contributed by atoms with Crippen LogP contribution in [0, 0.1) is 0 Å². The summed E-state index contributed by atoms with van der Waals surface area (Å²) in [5.74, 6) is 1.23. The van der Waals surface area contributed by atoms with Crippen LogP contribution in [0.4, 0.5) is 17.2 Å². The number of hydrogen-bond donors (Lipinski definition) is 2. The highest BCUT2D eigenvalue weighted by Crippen LogP contribution is 2.36. The second-order valence-electron chi connectivity index (χ2n) is 4.68. The van der Waals surface area contributed by atoms with E-state index in [4.69, 9.17) is 16.2 Å². The number of nitrogen functional groups attached to an aromatic ring is 2. The molecule has 5 nitrogen and oxygen atoms in total. The predicted molar refractivity (Wildman–Crippen MR) is 70.3 cm³/mol. The Kier molecular flexibility index (Phi) is 3.00. The molecule has 2 unspecified atom stereocenters. The number of aromatic nitrogens is 1. The van der Waals surface area contributed by atoms with Gasteiger partial charge in [0.2, 0.25) is 5.88 Å². The van der Waals surface area contributed by atoms with Gasteiger partial charge in [0.05, 0.1) is 18.5 Å². The summed E-state index contributed by atoms with van der Waals surface area (Å²) in [5, 5.41) is 0. The molecular weight excluding hydrogens is 216 g/mol. The van der Waals surface area contributed by atoms with Gasteiger partial charge in [0, 0.05) is 12.1 Å². The molecule has 0 bridgehead atoms. The third-order valence-corrected chi connectivity index (χ3v) is 3.41. The lowest BCUT2D eigenvalue weighted by atomic mass is 10.2. The summed E-state index contributed by atoms with van der Waals surface area (Å²) < 4.78 is 5.15. The van der Waals surface area contributed by atoms with Crippen LogP contribution in [0.15, 0.2) is 6.07 Å². The first-order valence-electron chi connectivity index (χ1n) is 5.93. The van der Waals surface area contributed by atoms with Crippen LogP contribution in [0.1, 0.15) is 26.7 Å². The van der Waals surface area contributed by atoms with E-state index >= 15 is 0 Å². The fraction of sp³-hybridized carbons (Fsp3) is 0.583. The highest BCUT2D eigenvalue weighted by atomic mass is 16.5. The summed E-state index contributed by atoms with van der Waals surface area (Å²) >= 11 is 0. The van der Waals surface area contributed by atoms with Crippen LogP contribution in [0.25, 0.3) is 0 Å². The maximum atomic E-state index is 6.01. The average molecular weight is 236 g/mol. The first-order chi connectivity index (χ1) is 8.04. The van der Waals surface area contributed by atoms with E-state index in [0.29, 0.717) is 29.3 Å². The van der Waals surface area contributed by atoms with Crippen molar-refractivity contribution >= 4 is 17.2 Å². The van der Waals surface area contributed by atoms with E-state index in [1.54, 1.807) is 13.2 Å². The van der Waals surface area contributed by atoms with Crippen molar-refractivity contribution in [2.24, 2.45) is 0 Å². The molecule has 1 aliphatic rings. The zero-order chi connectivity index (χ0) is 12.6. The van der Waals surface area contributed by atoms with Gasteiger partial charge < -0.3 is 21.1 Å². The molecule has 1 aliphatic heterocycles. The Morgan fingerprint density at radius 3 is 2.35 bits per heavy atom. The summed E-state index contributed by atoms with van der Waals surface area (Å²) in [6.45, 7) is 4.38. The molecule has 1 aromatic heterocycles. The summed E-state index contributed by atoms with van der Waals surface area (Å²) in [5.41, 5.74) is 12.9. The molecule has 1 saturated heterocycles. The highest BCUT2D eigenvalue weighted by Gasteiger charge is 2.30. The van der Waals surface area contributed by atoms with Gasteiger partial charge in [-0.25, -0.2) is 0 Å². The number of nitrogens with two attached hydrogens (primary N) is 2. The number of ether oxygens (including phenoxy) is 1. The van der Waals surface area contributed by atoms with Crippen molar-refractivity contribution in [2.75, 3.05) is 23.5 Å². The Hall–Kier alpha value is -1.65. The number of pyridine rings is 1. The predicted octanol–water partition coefficient (Wildman–Crippen LogP) is 1.63. The highest BCUT2D eigenvalue weighted by molar-refractivity contribution is 5.71. The van der Waals surface area contributed by atoms with Gasteiger partial charge in [0.25, 0.3) is 0 Å². The molecule has 0 radical (unpaired) electrons. The first kappa shape index (κ1) is 11.8. The number of anilines is 3. The van der Waals surface area contributed by atoms with Gasteiger partial charge in [0.15, 0.2) is 5.82 Å². The minimum Gasteiger partial charge on any atom is -0.479 e. The van der Waals surface area contributed by atoms with Crippen LogP contribution in [0.3, 0.4) is 0 Å². The second-order valence-corrected chi connectivity index (χ2v) is 4.68. The molecule has 94 valence electrons. The van der Waals surface area contributed by atoms with Crippen molar-refractivity contribution in [2.45, 2.75) is 38.8 Å². The van der Waals surface area contributed by atoms with E-state index in [1.165, 1.54) is 0 Å². The van der Waals surface area contributed by atoms with E-state index < -0.39 is 0 Å². The number of hydrogen-bond acceptors (Lipinski definition) is 5. The van der Waals surface area contributed by atoms with Gasteiger partial charge in [-0.05, 0) is 32.8 Å². The zero-order valence-corrected chi connectivity index (χ0v) is 10.6. The first-order valence-corrected chi connectivity index (χ1v) is 5.93. The topological polar surface area (TPSA) is 77.4 Å². The second kappa shape index (κ2) is 4.31. The minimum absolute atomic E-state index is 0.445. The third kappa shape index (κ3) is 1.97. The smallest absolute Gasteiger partial charge is 0.239 e. The molecule has 0 aromatic carbocycles. The standard InChI is InChI=1S/C12H20N4O/c1-7-4-5-8(2)16(7)11-9(13)6-10(14)12(15-11)17-3/h6-8H,4-5,13-14H2,1-3H3. The van der Waals surface area contributed by atoms with Gasteiger partial charge in [-0.15, -0.1) is 0 Å². The lowest BCUT2D eigenvalue weighted by molar-refractivity contribution is 0.400. The number of rotatable bonds is 2. The van der Waals surface area contributed by atoms with Crippen molar-refractivity contribution in [1.82, 2.24) is 4.98 Å². The molecule has 4 N–H and O–H groups in total. The molecule has 0 saturated carbocycles. The third-order valence-electron chi connectivity index (χ3n) is 3.41. The molecule has 2 heterocycles. The normalized spacial score (nSPS) is 24.1. The van der Waals surface area contributed by atoms with Gasteiger partial charge in [-0.2, -0.15) is 4.98 Å². The van der Waals surface area contributed by atoms with Crippen LogP contribution in [-0.4, -0.2) is 24.2 Å². The molecule has 1 fully saturated rings. The van der Waals surface area contributed by atoms with E-state index in [2.05, 4.69) is 23.7 Å². The molecule has 17 heavy (non-hydrogen) atoms. The number of methoxy groups -OCH3 is 1. The molecular formula is C12H20N4O. The molecule has 2 atom stereocenters. The largest absolute Gasteiger partial charge is 0.479 e. The van der Waals surface area contributed by atoms with Gasteiger partial charge in [-0.3, -0.25) is 0 Å². The van der Waals surface area contributed by atoms with Crippen molar-refractivity contribution in [3.63, 3.8) is 0 Å². The lowest BCUT2D eigenvalue weighted by Gasteiger charge is -2.29. The quantitative estimate of drug-likeness (QED) is 0.816. The van der Waals surface area contributed by atoms with Crippen molar-refractivity contribution in [3.8, 4) is 5.88 Å². The van der Waals surface area contributed by atoms with Crippen molar-refractivity contribution < 1.29 is 4.74 Å². The molecule has 2 rings (SSSR count). The van der Waals surface area contributed by atoms with Gasteiger partial charge in [-0.1, -0.05) is 0 Å².